The molecule has 9 nitrogen and oxygen atoms in total. The molecule has 1 N–H and O–H groups in total. The van der Waals surface area contributed by atoms with Crippen molar-refractivity contribution in [3.05, 3.63) is 36.4 Å². The van der Waals surface area contributed by atoms with E-state index < -0.39 is 41.4 Å². The van der Waals surface area contributed by atoms with Crippen LogP contribution in [-0.4, -0.2) is 52.2 Å². The second-order valence-corrected chi connectivity index (χ2v) is 10.6. The van der Waals surface area contributed by atoms with E-state index in [4.69, 9.17) is 4.74 Å². The van der Waals surface area contributed by atoms with Crippen molar-refractivity contribution < 1.29 is 28.7 Å². The molecule has 0 unspecified atom stereocenters. The van der Waals surface area contributed by atoms with Gasteiger partial charge < -0.3 is 10.1 Å². The minimum atomic E-state index is -1.25. The molecule has 1 aromatic carbocycles. The van der Waals surface area contributed by atoms with E-state index in [1.54, 1.807) is 38.1 Å². The maximum atomic E-state index is 13.6. The van der Waals surface area contributed by atoms with Crippen LogP contribution in [0, 0.1) is 17.8 Å². The zero-order chi connectivity index (χ0) is 26.4. The average molecular weight is 496 g/mol. The first-order chi connectivity index (χ1) is 16.9. The van der Waals surface area contributed by atoms with Crippen LogP contribution in [0.15, 0.2) is 36.4 Å². The maximum absolute atomic E-state index is 13.6. The summed E-state index contributed by atoms with van der Waals surface area (Å²) in [7, 11) is 0. The number of hydrogen-bond donors (Lipinski definition) is 1. The molecule has 2 heterocycles. The molecule has 1 saturated heterocycles. The van der Waals surface area contributed by atoms with Crippen LogP contribution in [-0.2, 0) is 28.7 Å². The molecule has 192 valence electrons. The Morgan fingerprint density at radius 2 is 1.61 bits per heavy atom. The highest BCUT2D eigenvalue weighted by atomic mass is 16.5. The van der Waals surface area contributed by atoms with Crippen LogP contribution >= 0.6 is 0 Å². The van der Waals surface area contributed by atoms with E-state index in [0.717, 1.165) is 4.90 Å². The zero-order valence-electron chi connectivity index (χ0n) is 21.3. The SMILES string of the molecule is CC(C)C[C@H](C(=O)O[C@H](C)C(=O)N1c2ccccc2NC(=O)C1(C)C)N1C(=O)[C@@H]2CC=CC[C@H]2C1=O. The van der Waals surface area contributed by atoms with Gasteiger partial charge in [0.2, 0.25) is 17.7 Å². The fourth-order valence-corrected chi connectivity index (χ4v) is 5.22. The fourth-order valence-electron chi connectivity index (χ4n) is 5.22. The summed E-state index contributed by atoms with van der Waals surface area (Å²) in [4.78, 5) is 68.4. The first-order valence-electron chi connectivity index (χ1n) is 12.4. The van der Waals surface area contributed by atoms with Gasteiger partial charge in [0.25, 0.3) is 5.91 Å². The predicted octanol–water partition coefficient (Wildman–Crippen LogP) is 3.05. The van der Waals surface area contributed by atoms with Crippen LogP contribution in [0.4, 0.5) is 11.4 Å². The third-order valence-corrected chi connectivity index (χ3v) is 7.19. The number of imide groups is 1. The summed E-state index contributed by atoms with van der Waals surface area (Å²) in [6, 6.07) is 5.78. The highest BCUT2D eigenvalue weighted by molar-refractivity contribution is 6.15. The number of carbonyl (C=O) groups is 5. The number of nitrogens with one attached hydrogen (secondary N) is 1. The molecule has 0 aromatic heterocycles. The number of allylic oxidation sites excluding steroid dienone is 2. The van der Waals surface area contributed by atoms with Crippen LogP contribution in [0.2, 0.25) is 0 Å². The van der Waals surface area contributed by atoms with E-state index in [2.05, 4.69) is 5.32 Å². The van der Waals surface area contributed by atoms with Crippen molar-refractivity contribution in [2.24, 2.45) is 17.8 Å². The predicted molar refractivity (Wildman–Crippen MR) is 133 cm³/mol. The van der Waals surface area contributed by atoms with Gasteiger partial charge in [-0.3, -0.25) is 29.0 Å². The van der Waals surface area contributed by atoms with Crippen molar-refractivity contribution in [2.45, 2.75) is 71.6 Å². The smallest absolute Gasteiger partial charge is 0.330 e. The largest absolute Gasteiger partial charge is 0.451 e. The topological polar surface area (TPSA) is 113 Å². The Balaban J connectivity index is 1.57. The first-order valence-corrected chi connectivity index (χ1v) is 12.4. The fraction of sp³-hybridized carbons (Fsp3) is 0.519. The Bertz CT molecular complexity index is 1110. The molecule has 36 heavy (non-hydrogen) atoms. The molecular formula is C27H33N3O6. The van der Waals surface area contributed by atoms with Gasteiger partial charge in [-0.1, -0.05) is 38.1 Å². The highest BCUT2D eigenvalue weighted by Gasteiger charge is 2.52. The zero-order valence-corrected chi connectivity index (χ0v) is 21.3. The lowest BCUT2D eigenvalue weighted by Crippen LogP contribution is -2.61. The van der Waals surface area contributed by atoms with Gasteiger partial charge in [0.1, 0.15) is 11.6 Å². The highest BCUT2D eigenvalue weighted by Crippen LogP contribution is 2.39. The molecule has 1 fully saturated rings. The van der Waals surface area contributed by atoms with Crippen molar-refractivity contribution in [3.63, 3.8) is 0 Å². The first kappa shape index (κ1) is 25.6. The van der Waals surface area contributed by atoms with Gasteiger partial charge >= 0.3 is 5.97 Å². The number of hydrogen-bond acceptors (Lipinski definition) is 6. The molecule has 2 aliphatic heterocycles. The lowest BCUT2D eigenvalue weighted by molar-refractivity contribution is -0.165. The van der Waals surface area contributed by atoms with Gasteiger partial charge in [-0.25, -0.2) is 4.79 Å². The molecule has 4 amide bonds. The van der Waals surface area contributed by atoms with E-state index in [1.807, 2.05) is 26.0 Å². The van der Waals surface area contributed by atoms with Crippen LogP contribution in [0.5, 0.6) is 0 Å². The number of fused-ring (bicyclic) bond motifs is 2. The number of ether oxygens (including phenoxy) is 1. The van der Waals surface area contributed by atoms with Crippen molar-refractivity contribution in [1.82, 2.24) is 4.90 Å². The molecule has 1 aromatic rings. The number of amides is 4. The van der Waals surface area contributed by atoms with E-state index in [1.165, 1.54) is 11.8 Å². The monoisotopic (exact) mass is 495 g/mol. The quantitative estimate of drug-likeness (QED) is 0.369. The van der Waals surface area contributed by atoms with Crippen LogP contribution in [0.3, 0.4) is 0 Å². The minimum Gasteiger partial charge on any atom is -0.451 e. The molecule has 9 heteroatoms. The summed E-state index contributed by atoms with van der Waals surface area (Å²) >= 11 is 0. The Morgan fingerprint density at radius 3 is 2.19 bits per heavy atom. The molecule has 0 saturated carbocycles. The Morgan fingerprint density at radius 1 is 1.03 bits per heavy atom. The molecule has 3 aliphatic rings. The lowest BCUT2D eigenvalue weighted by Gasteiger charge is -2.43. The summed E-state index contributed by atoms with van der Waals surface area (Å²) in [5, 5.41) is 2.80. The summed E-state index contributed by atoms with van der Waals surface area (Å²) in [6.45, 7) is 8.45. The number of benzene rings is 1. The van der Waals surface area contributed by atoms with Gasteiger partial charge in [-0.15, -0.1) is 0 Å². The number of nitrogens with zero attached hydrogens (tertiary/aromatic N) is 2. The van der Waals surface area contributed by atoms with Crippen molar-refractivity contribution in [1.29, 1.82) is 0 Å². The van der Waals surface area contributed by atoms with Crippen molar-refractivity contribution >= 4 is 41.0 Å². The van der Waals surface area contributed by atoms with Crippen LogP contribution in [0.25, 0.3) is 0 Å². The van der Waals surface area contributed by atoms with Crippen LogP contribution < -0.4 is 10.2 Å². The number of likely N-dealkylation sites (tertiary alicyclic amines) is 1. The standard InChI is InChI=1S/C27H33N3O6/c1-15(2)14-21(29-23(32)17-10-6-7-11-18(17)24(29)33)25(34)36-16(3)22(31)30-20-13-9-8-12-19(20)28-26(35)27(30,4)5/h6-9,12-13,15-18,21H,10-11,14H2,1-5H3,(H,28,35)/t16-,17-,18-,21-/m1/s1. The summed E-state index contributed by atoms with van der Waals surface area (Å²) in [5.41, 5.74) is -0.251. The second-order valence-electron chi connectivity index (χ2n) is 10.6. The average Bonchev–Trinajstić information content (AvgIpc) is 3.07. The van der Waals surface area contributed by atoms with E-state index in [0.29, 0.717) is 24.2 Å². The summed E-state index contributed by atoms with van der Waals surface area (Å²) < 4.78 is 5.61. The van der Waals surface area contributed by atoms with E-state index in [9.17, 15) is 24.0 Å². The molecule has 4 rings (SSSR count). The number of para-hydroxylation sites is 2. The maximum Gasteiger partial charge on any atom is 0.330 e. The normalized spacial score (nSPS) is 24.2. The number of rotatable bonds is 6. The Kier molecular flexibility index (Phi) is 6.77. The van der Waals surface area contributed by atoms with E-state index >= 15 is 0 Å². The molecular weight excluding hydrogens is 462 g/mol. The van der Waals surface area contributed by atoms with Gasteiger partial charge in [0.05, 0.1) is 23.2 Å². The van der Waals surface area contributed by atoms with Gasteiger partial charge in [0.15, 0.2) is 6.10 Å². The van der Waals surface area contributed by atoms with Crippen molar-refractivity contribution in [3.8, 4) is 0 Å². The molecule has 0 spiro atoms. The number of esters is 1. The van der Waals surface area contributed by atoms with Gasteiger partial charge in [-0.05, 0) is 58.1 Å². The Hall–Kier alpha value is -3.49. The molecule has 1 aliphatic carbocycles. The summed E-state index contributed by atoms with van der Waals surface area (Å²) in [5.74, 6) is -3.40. The molecule has 0 radical (unpaired) electrons. The molecule has 4 atom stereocenters. The molecule has 0 bridgehead atoms. The van der Waals surface area contributed by atoms with Crippen LogP contribution in [0.1, 0.15) is 53.9 Å². The Labute approximate surface area is 210 Å². The number of anilines is 2. The number of carbonyl (C=O) groups excluding carboxylic acids is 5. The van der Waals surface area contributed by atoms with E-state index in [-0.39, 0.29) is 30.1 Å². The minimum absolute atomic E-state index is 0.00786. The van der Waals surface area contributed by atoms with Gasteiger partial charge in [0, 0.05) is 0 Å². The third-order valence-electron chi connectivity index (χ3n) is 7.19. The summed E-state index contributed by atoms with van der Waals surface area (Å²) in [6.07, 6.45) is 3.69. The van der Waals surface area contributed by atoms with Gasteiger partial charge in [-0.2, -0.15) is 0 Å². The third kappa shape index (κ3) is 4.31. The van der Waals surface area contributed by atoms with Crippen molar-refractivity contribution in [2.75, 3.05) is 10.2 Å². The second kappa shape index (κ2) is 9.52. The lowest BCUT2D eigenvalue weighted by atomic mass is 9.85.